The number of anilines is 1. The number of fused-ring (bicyclic) bond motifs is 1. The number of hydrogen-bond acceptors (Lipinski definition) is 2. The summed E-state index contributed by atoms with van der Waals surface area (Å²) in [5.74, 6) is 0. The first-order valence-corrected chi connectivity index (χ1v) is 5.46. The van der Waals surface area contributed by atoms with Crippen LogP contribution in [-0.2, 0) is 0 Å². The van der Waals surface area contributed by atoms with Crippen LogP contribution in [0.5, 0.6) is 0 Å². The van der Waals surface area contributed by atoms with Crippen molar-refractivity contribution in [3.8, 4) is 0 Å². The third-order valence-corrected chi connectivity index (χ3v) is 2.40. The lowest BCUT2D eigenvalue weighted by molar-refractivity contribution is 0.190. The summed E-state index contributed by atoms with van der Waals surface area (Å²) in [6.45, 7) is 1.85. The van der Waals surface area contributed by atoms with Gasteiger partial charge in [0.2, 0.25) is 0 Å². The smallest absolute Gasteiger partial charge is 0.319 e. The number of aliphatic hydroxyl groups is 1. The number of H-pyrrole nitrogens is 1. The Bertz CT molecular complexity index is 519. The lowest BCUT2D eigenvalue weighted by atomic mass is 10.2. The minimum atomic E-state index is -0.552. The second kappa shape index (κ2) is 4.88. The number of hydrogen-bond donors (Lipinski definition) is 4. The second-order valence-corrected chi connectivity index (χ2v) is 3.93. The van der Waals surface area contributed by atoms with Crippen LogP contribution in [0.2, 0.25) is 0 Å². The normalized spacial score (nSPS) is 12.4. The number of aliphatic hydroxyl groups excluding tert-OH is 1. The number of urea groups is 1. The molecule has 0 saturated heterocycles. The van der Waals surface area contributed by atoms with Crippen LogP contribution in [0.15, 0.2) is 30.5 Å². The molecule has 0 aliphatic rings. The molecule has 2 rings (SSSR count). The van der Waals surface area contributed by atoms with E-state index in [1.165, 1.54) is 0 Å². The zero-order valence-corrected chi connectivity index (χ0v) is 9.53. The molecule has 0 radical (unpaired) electrons. The van der Waals surface area contributed by atoms with Crippen LogP contribution in [0, 0.1) is 0 Å². The minimum Gasteiger partial charge on any atom is -0.392 e. The van der Waals surface area contributed by atoms with E-state index in [-0.39, 0.29) is 12.6 Å². The summed E-state index contributed by atoms with van der Waals surface area (Å²) in [5.41, 5.74) is 1.70. The lowest BCUT2D eigenvalue weighted by Gasteiger charge is -2.08. The lowest BCUT2D eigenvalue weighted by Crippen LogP contribution is -2.34. The van der Waals surface area contributed by atoms with E-state index in [1.807, 2.05) is 24.3 Å². The average Bonchev–Trinajstić information content (AvgIpc) is 2.70. The summed E-state index contributed by atoms with van der Waals surface area (Å²) in [6, 6.07) is 7.38. The van der Waals surface area contributed by atoms with Crippen molar-refractivity contribution < 1.29 is 9.90 Å². The Labute approximate surface area is 98.8 Å². The Balaban J connectivity index is 2.06. The molecule has 1 heterocycles. The van der Waals surface area contributed by atoms with Crippen LogP contribution in [0.25, 0.3) is 10.9 Å². The maximum absolute atomic E-state index is 11.5. The summed E-state index contributed by atoms with van der Waals surface area (Å²) in [6.07, 6.45) is 1.19. The number of rotatable bonds is 3. The Hall–Kier alpha value is -2.01. The van der Waals surface area contributed by atoms with Gasteiger partial charge in [-0.05, 0) is 13.0 Å². The van der Waals surface area contributed by atoms with E-state index in [4.69, 9.17) is 5.11 Å². The van der Waals surface area contributed by atoms with Crippen LogP contribution in [0.1, 0.15) is 6.92 Å². The van der Waals surface area contributed by atoms with Crippen molar-refractivity contribution in [2.24, 2.45) is 0 Å². The fraction of sp³-hybridized carbons (Fsp3) is 0.250. The van der Waals surface area contributed by atoms with Crippen molar-refractivity contribution >= 4 is 22.6 Å². The fourth-order valence-corrected chi connectivity index (χ4v) is 1.58. The predicted octanol–water partition coefficient (Wildman–Crippen LogP) is 1.67. The van der Waals surface area contributed by atoms with Crippen molar-refractivity contribution in [2.45, 2.75) is 13.0 Å². The van der Waals surface area contributed by atoms with Gasteiger partial charge in [-0.25, -0.2) is 4.79 Å². The maximum Gasteiger partial charge on any atom is 0.319 e. The summed E-state index contributed by atoms with van der Waals surface area (Å²) < 4.78 is 0. The van der Waals surface area contributed by atoms with E-state index in [2.05, 4.69) is 15.6 Å². The van der Waals surface area contributed by atoms with Gasteiger partial charge in [0.05, 0.1) is 11.8 Å². The van der Waals surface area contributed by atoms with Crippen LogP contribution in [0.4, 0.5) is 10.5 Å². The maximum atomic E-state index is 11.5. The molecule has 0 aliphatic carbocycles. The molecule has 0 fully saturated rings. The monoisotopic (exact) mass is 233 g/mol. The van der Waals surface area contributed by atoms with Gasteiger partial charge in [0.25, 0.3) is 0 Å². The molecule has 0 aliphatic heterocycles. The molecule has 4 N–H and O–H groups in total. The molecule has 90 valence electrons. The molecule has 17 heavy (non-hydrogen) atoms. The van der Waals surface area contributed by atoms with Gasteiger partial charge in [0, 0.05) is 23.6 Å². The zero-order valence-electron chi connectivity index (χ0n) is 9.53. The molecule has 2 aromatic rings. The third kappa shape index (κ3) is 2.76. The Morgan fingerprint density at radius 2 is 2.24 bits per heavy atom. The Morgan fingerprint density at radius 3 is 3.00 bits per heavy atom. The standard InChI is InChI=1S/C12H15N3O2/c1-8(16)6-14-12(17)15-11-7-13-10-5-3-2-4-9(10)11/h2-5,7-8,13,16H,6H2,1H3,(H2,14,15,17)/t8-/m0/s1. The first-order valence-electron chi connectivity index (χ1n) is 5.46. The second-order valence-electron chi connectivity index (χ2n) is 3.93. The number of benzene rings is 1. The van der Waals surface area contributed by atoms with Gasteiger partial charge in [-0.2, -0.15) is 0 Å². The molecule has 5 heteroatoms. The minimum absolute atomic E-state index is 0.230. The van der Waals surface area contributed by atoms with Crippen molar-refractivity contribution in [3.05, 3.63) is 30.5 Å². The van der Waals surface area contributed by atoms with Gasteiger partial charge in [-0.3, -0.25) is 0 Å². The molecule has 0 saturated carbocycles. The van der Waals surface area contributed by atoms with Gasteiger partial charge < -0.3 is 20.7 Å². The molecule has 2 amide bonds. The number of carbonyl (C=O) groups is 1. The van der Waals surface area contributed by atoms with Crippen LogP contribution in [-0.4, -0.2) is 28.8 Å². The molecule has 5 nitrogen and oxygen atoms in total. The number of aromatic amines is 1. The van der Waals surface area contributed by atoms with Crippen molar-refractivity contribution in [2.75, 3.05) is 11.9 Å². The molecule has 0 spiro atoms. The van der Waals surface area contributed by atoms with E-state index in [1.54, 1.807) is 13.1 Å². The van der Waals surface area contributed by atoms with Crippen molar-refractivity contribution in [1.29, 1.82) is 0 Å². The highest BCUT2D eigenvalue weighted by Crippen LogP contribution is 2.22. The highest BCUT2D eigenvalue weighted by Gasteiger charge is 2.07. The van der Waals surface area contributed by atoms with E-state index in [9.17, 15) is 4.79 Å². The van der Waals surface area contributed by atoms with Crippen LogP contribution in [0.3, 0.4) is 0 Å². The fourth-order valence-electron chi connectivity index (χ4n) is 1.58. The molecule has 0 unspecified atom stereocenters. The number of amides is 2. The first-order chi connectivity index (χ1) is 8.16. The van der Waals surface area contributed by atoms with E-state index in [0.29, 0.717) is 0 Å². The van der Waals surface area contributed by atoms with Gasteiger partial charge >= 0.3 is 6.03 Å². The van der Waals surface area contributed by atoms with E-state index >= 15 is 0 Å². The van der Waals surface area contributed by atoms with Gasteiger partial charge in [-0.1, -0.05) is 18.2 Å². The number of nitrogens with one attached hydrogen (secondary N) is 3. The van der Waals surface area contributed by atoms with E-state index < -0.39 is 6.10 Å². The van der Waals surface area contributed by atoms with Crippen LogP contribution < -0.4 is 10.6 Å². The summed E-state index contributed by atoms with van der Waals surface area (Å²) in [4.78, 5) is 14.6. The quantitative estimate of drug-likeness (QED) is 0.650. The summed E-state index contributed by atoms with van der Waals surface area (Å²) in [7, 11) is 0. The first kappa shape index (κ1) is 11.5. The molecule has 1 atom stereocenters. The van der Waals surface area contributed by atoms with Crippen LogP contribution >= 0.6 is 0 Å². The number of carbonyl (C=O) groups excluding carboxylic acids is 1. The van der Waals surface area contributed by atoms with E-state index in [0.717, 1.165) is 16.6 Å². The largest absolute Gasteiger partial charge is 0.392 e. The average molecular weight is 233 g/mol. The topological polar surface area (TPSA) is 77.2 Å². The Kier molecular flexibility index (Phi) is 3.30. The SMILES string of the molecule is C[C@H](O)CNC(=O)Nc1c[nH]c2ccccc12. The molecule has 0 bridgehead atoms. The summed E-state index contributed by atoms with van der Waals surface area (Å²) >= 11 is 0. The number of aromatic nitrogens is 1. The van der Waals surface area contributed by atoms with Gasteiger partial charge in [0.1, 0.15) is 0 Å². The molecule has 1 aromatic carbocycles. The van der Waals surface area contributed by atoms with Crippen molar-refractivity contribution in [3.63, 3.8) is 0 Å². The van der Waals surface area contributed by atoms with Crippen molar-refractivity contribution in [1.82, 2.24) is 10.3 Å². The molecule has 1 aromatic heterocycles. The number of para-hydroxylation sites is 1. The highest BCUT2D eigenvalue weighted by atomic mass is 16.3. The highest BCUT2D eigenvalue weighted by molar-refractivity contribution is 6.00. The third-order valence-electron chi connectivity index (χ3n) is 2.40. The molecular formula is C12H15N3O2. The predicted molar refractivity (Wildman–Crippen MR) is 67.0 cm³/mol. The summed E-state index contributed by atoms with van der Waals surface area (Å²) in [5, 5.41) is 15.3. The van der Waals surface area contributed by atoms with Gasteiger partial charge in [-0.15, -0.1) is 0 Å². The zero-order chi connectivity index (χ0) is 12.3. The van der Waals surface area contributed by atoms with Gasteiger partial charge in [0.15, 0.2) is 0 Å². The Morgan fingerprint density at radius 1 is 1.47 bits per heavy atom. The molecular weight excluding hydrogens is 218 g/mol.